The van der Waals surface area contributed by atoms with Crippen LogP contribution >= 0.6 is 0 Å². The van der Waals surface area contributed by atoms with Crippen LogP contribution in [0.25, 0.3) is 0 Å². The third kappa shape index (κ3) is 3.60. The molecule has 14 heavy (non-hydrogen) atoms. The minimum atomic E-state index is 0.415. The van der Waals surface area contributed by atoms with Gasteiger partial charge in [0.1, 0.15) is 0 Å². The fraction of sp³-hybridized carbons (Fsp3) is 0.600. The Morgan fingerprint density at radius 3 is 2.64 bits per heavy atom. The molecule has 1 rings (SSSR count). The molecule has 0 spiro atoms. The van der Waals surface area contributed by atoms with Gasteiger partial charge in [0.25, 0.3) is 0 Å². The fourth-order valence-electron chi connectivity index (χ4n) is 1.22. The van der Waals surface area contributed by atoms with E-state index in [0.717, 1.165) is 6.42 Å². The van der Waals surface area contributed by atoms with E-state index in [1.807, 2.05) is 0 Å². The predicted molar refractivity (Wildman–Crippen MR) is 59.1 cm³/mol. The first-order valence-electron chi connectivity index (χ1n) is 5.06. The third-order valence-corrected chi connectivity index (χ3v) is 2.04. The Kier molecular flexibility index (Phi) is 4.16. The summed E-state index contributed by atoms with van der Waals surface area (Å²) < 4.78 is 0. The minimum absolute atomic E-state index is 0.415. The Hall–Kier alpha value is -1.32. The van der Waals surface area contributed by atoms with Gasteiger partial charge in [0.2, 0.25) is 5.95 Å². The summed E-state index contributed by atoms with van der Waals surface area (Å²) in [6.07, 6.45) is 6.81. The number of hydrogen-bond acceptors (Lipinski definition) is 4. The summed E-state index contributed by atoms with van der Waals surface area (Å²) in [5, 5.41) is 3.23. The number of nitrogens with two attached hydrogens (primary N) is 1. The van der Waals surface area contributed by atoms with Crippen LogP contribution in [0.15, 0.2) is 12.4 Å². The van der Waals surface area contributed by atoms with Gasteiger partial charge in [-0.3, -0.25) is 0 Å². The van der Waals surface area contributed by atoms with Gasteiger partial charge in [0.15, 0.2) is 0 Å². The predicted octanol–water partition coefficient (Wildman–Crippen LogP) is 2.05. The van der Waals surface area contributed by atoms with Crippen molar-refractivity contribution in [3.8, 4) is 0 Å². The minimum Gasteiger partial charge on any atom is -0.396 e. The molecule has 0 amide bonds. The molecule has 3 N–H and O–H groups in total. The first kappa shape index (κ1) is 10.8. The highest BCUT2D eigenvalue weighted by atomic mass is 15.1. The number of unbranched alkanes of at least 4 members (excludes halogenated alkanes) is 1. The Bertz CT molecular complexity index is 257. The summed E-state index contributed by atoms with van der Waals surface area (Å²) in [5.74, 6) is 0.655. The van der Waals surface area contributed by atoms with Crippen LogP contribution < -0.4 is 11.1 Å². The van der Waals surface area contributed by atoms with E-state index in [1.165, 1.54) is 12.8 Å². The Morgan fingerprint density at radius 1 is 1.43 bits per heavy atom. The van der Waals surface area contributed by atoms with E-state index in [2.05, 4.69) is 29.1 Å². The lowest BCUT2D eigenvalue weighted by Gasteiger charge is -2.12. The molecule has 0 fully saturated rings. The standard InChI is InChI=1S/C10H18N4/c1-3-4-5-8(2)14-10-12-6-9(11)7-13-10/h6-8H,3-5,11H2,1-2H3,(H,12,13,14). The second-order valence-electron chi connectivity index (χ2n) is 3.53. The molecule has 1 heterocycles. The van der Waals surface area contributed by atoms with Gasteiger partial charge in [-0.05, 0) is 13.3 Å². The van der Waals surface area contributed by atoms with Crippen molar-refractivity contribution in [2.45, 2.75) is 39.2 Å². The molecule has 4 heteroatoms. The number of nitrogen functional groups attached to an aromatic ring is 1. The molecule has 0 radical (unpaired) electrons. The number of nitrogens with zero attached hydrogens (tertiary/aromatic N) is 2. The third-order valence-electron chi connectivity index (χ3n) is 2.04. The molecule has 4 nitrogen and oxygen atoms in total. The largest absolute Gasteiger partial charge is 0.396 e. The number of aromatic nitrogens is 2. The topological polar surface area (TPSA) is 63.8 Å². The molecule has 0 bridgehead atoms. The van der Waals surface area contributed by atoms with E-state index >= 15 is 0 Å². The maximum atomic E-state index is 5.48. The molecule has 1 aromatic rings. The van der Waals surface area contributed by atoms with Crippen LogP contribution in [0.3, 0.4) is 0 Å². The van der Waals surface area contributed by atoms with Gasteiger partial charge in [-0.15, -0.1) is 0 Å². The SMILES string of the molecule is CCCCC(C)Nc1ncc(N)cn1. The van der Waals surface area contributed by atoms with Crippen molar-refractivity contribution in [2.75, 3.05) is 11.1 Å². The van der Waals surface area contributed by atoms with E-state index in [9.17, 15) is 0 Å². The average molecular weight is 194 g/mol. The van der Waals surface area contributed by atoms with Crippen molar-refractivity contribution in [3.05, 3.63) is 12.4 Å². The van der Waals surface area contributed by atoms with Gasteiger partial charge < -0.3 is 11.1 Å². The first-order chi connectivity index (χ1) is 6.72. The summed E-state index contributed by atoms with van der Waals surface area (Å²) in [5.41, 5.74) is 6.08. The summed E-state index contributed by atoms with van der Waals surface area (Å²) in [6, 6.07) is 0.415. The van der Waals surface area contributed by atoms with Crippen molar-refractivity contribution in [2.24, 2.45) is 0 Å². The molecule has 1 aromatic heterocycles. The van der Waals surface area contributed by atoms with Crippen molar-refractivity contribution in [1.82, 2.24) is 9.97 Å². The second kappa shape index (κ2) is 5.42. The van der Waals surface area contributed by atoms with E-state index in [4.69, 9.17) is 5.73 Å². The van der Waals surface area contributed by atoms with Crippen LogP contribution in [0.2, 0.25) is 0 Å². The zero-order valence-corrected chi connectivity index (χ0v) is 8.83. The van der Waals surface area contributed by atoms with Crippen LogP contribution in [0.4, 0.5) is 11.6 Å². The van der Waals surface area contributed by atoms with Crippen LogP contribution in [0, 0.1) is 0 Å². The summed E-state index contributed by atoms with van der Waals surface area (Å²) in [6.45, 7) is 4.32. The van der Waals surface area contributed by atoms with E-state index in [1.54, 1.807) is 12.4 Å². The van der Waals surface area contributed by atoms with Crippen molar-refractivity contribution in [1.29, 1.82) is 0 Å². The summed E-state index contributed by atoms with van der Waals surface area (Å²) in [4.78, 5) is 8.16. The highest BCUT2D eigenvalue weighted by Gasteiger charge is 2.02. The number of rotatable bonds is 5. The Morgan fingerprint density at radius 2 is 2.07 bits per heavy atom. The lowest BCUT2D eigenvalue weighted by Crippen LogP contribution is -2.16. The highest BCUT2D eigenvalue weighted by molar-refractivity contribution is 5.36. The normalized spacial score (nSPS) is 12.4. The lowest BCUT2D eigenvalue weighted by atomic mass is 10.1. The molecular formula is C10H18N4. The van der Waals surface area contributed by atoms with Crippen molar-refractivity contribution >= 4 is 11.6 Å². The maximum absolute atomic E-state index is 5.48. The number of nitrogens with one attached hydrogen (secondary N) is 1. The molecule has 0 aliphatic rings. The quantitative estimate of drug-likeness (QED) is 0.753. The summed E-state index contributed by atoms with van der Waals surface area (Å²) >= 11 is 0. The summed E-state index contributed by atoms with van der Waals surface area (Å²) in [7, 11) is 0. The van der Waals surface area contributed by atoms with E-state index in [0.29, 0.717) is 17.7 Å². The fourth-order valence-corrected chi connectivity index (χ4v) is 1.22. The lowest BCUT2D eigenvalue weighted by molar-refractivity contribution is 0.641. The molecule has 1 unspecified atom stereocenters. The average Bonchev–Trinajstić information content (AvgIpc) is 2.18. The monoisotopic (exact) mass is 194 g/mol. The zero-order valence-electron chi connectivity index (χ0n) is 8.83. The second-order valence-corrected chi connectivity index (χ2v) is 3.53. The first-order valence-corrected chi connectivity index (χ1v) is 5.06. The van der Waals surface area contributed by atoms with Crippen molar-refractivity contribution < 1.29 is 0 Å². The van der Waals surface area contributed by atoms with Crippen molar-refractivity contribution in [3.63, 3.8) is 0 Å². The molecule has 78 valence electrons. The van der Waals surface area contributed by atoms with Gasteiger partial charge in [0.05, 0.1) is 18.1 Å². The number of hydrogen-bond donors (Lipinski definition) is 2. The number of anilines is 2. The molecule has 0 saturated carbocycles. The molecule has 0 aromatic carbocycles. The van der Waals surface area contributed by atoms with Crippen LogP contribution in [-0.4, -0.2) is 16.0 Å². The molecular weight excluding hydrogens is 176 g/mol. The van der Waals surface area contributed by atoms with E-state index in [-0.39, 0.29) is 0 Å². The van der Waals surface area contributed by atoms with Crippen LogP contribution in [0.1, 0.15) is 33.1 Å². The molecule has 0 aliphatic heterocycles. The van der Waals surface area contributed by atoms with Gasteiger partial charge in [-0.2, -0.15) is 0 Å². The molecule has 0 saturated heterocycles. The van der Waals surface area contributed by atoms with Gasteiger partial charge in [-0.25, -0.2) is 9.97 Å². The Labute approximate surface area is 85.0 Å². The highest BCUT2D eigenvalue weighted by Crippen LogP contribution is 2.06. The van der Waals surface area contributed by atoms with Gasteiger partial charge in [-0.1, -0.05) is 19.8 Å². The molecule has 1 atom stereocenters. The Balaban J connectivity index is 2.39. The van der Waals surface area contributed by atoms with Gasteiger partial charge in [0, 0.05) is 6.04 Å². The smallest absolute Gasteiger partial charge is 0.222 e. The molecule has 0 aliphatic carbocycles. The van der Waals surface area contributed by atoms with Crippen LogP contribution in [-0.2, 0) is 0 Å². The maximum Gasteiger partial charge on any atom is 0.222 e. The van der Waals surface area contributed by atoms with E-state index < -0.39 is 0 Å². The van der Waals surface area contributed by atoms with Crippen LogP contribution in [0.5, 0.6) is 0 Å². The zero-order chi connectivity index (χ0) is 10.4. The van der Waals surface area contributed by atoms with Gasteiger partial charge >= 0.3 is 0 Å².